The van der Waals surface area contributed by atoms with Gasteiger partial charge in [-0.05, 0) is 12.2 Å². The lowest BCUT2D eigenvalue weighted by Crippen LogP contribution is -2.27. The highest BCUT2D eigenvalue weighted by atomic mass is 16.7. The first-order chi connectivity index (χ1) is 5.88. The van der Waals surface area contributed by atoms with Crippen molar-refractivity contribution in [2.24, 2.45) is 0 Å². The Morgan fingerprint density at radius 2 is 2.33 bits per heavy atom. The molecule has 1 saturated heterocycles. The summed E-state index contributed by atoms with van der Waals surface area (Å²) < 4.78 is 15.8. The van der Waals surface area contributed by atoms with Crippen molar-refractivity contribution in [2.75, 3.05) is 13.4 Å². The predicted octanol–water partition coefficient (Wildman–Crippen LogP) is -0.450. The van der Waals surface area contributed by atoms with Gasteiger partial charge in [-0.1, -0.05) is 0 Å². The van der Waals surface area contributed by atoms with E-state index >= 15 is 0 Å². The van der Waals surface area contributed by atoms with Crippen LogP contribution in [0.15, 0.2) is 23.7 Å². The van der Waals surface area contributed by atoms with Crippen LogP contribution in [-0.4, -0.2) is 19.2 Å². The Morgan fingerprint density at radius 1 is 1.42 bits per heavy atom. The molecule has 3 aliphatic rings. The zero-order valence-electron chi connectivity index (χ0n) is 6.29. The zero-order valence-corrected chi connectivity index (χ0v) is 6.29. The van der Waals surface area contributed by atoms with Gasteiger partial charge in [0.1, 0.15) is 6.61 Å². The summed E-state index contributed by atoms with van der Waals surface area (Å²) in [6.07, 6.45) is 3.76. The van der Waals surface area contributed by atoms with Crippen LogP contribution in [0.5, 0.6) is 0 Å². The molecule has 0 atom stereocenters. The molecule has 0 unspecified atom stereocenters. The first kappa shape index (κ1) is 6.47. The molecule has 1 fully saturated rings. The zero-order chi connectivity index (χ0) is 8.02. The van der Waals surface area contributed by atoms with Gasteiger partial charge in [-0.2, -0.15) is 10.9 Å². The molecular weight excluding hydrogens is 160 g/mol. The molecule has 0 amide bonds. The van der Waals surface area contributed by atoms with Crippen LogP contribution < -0.4 is 10.9 Å². The third kappa shape index (κ3) is 0.842. The van der Waals surface area contributed by atoms with Gasteiger partial charge in [0.2, 0.25) is 0 Å². The monoisotopic (exact) mass is 168 g/mol. The van der Waals surface area contributed by atoms with E-state index in [-0.39, 0.29) is 0 Å². The third-order valence-corrected chi connectivity index (χ3v) is 1.93. The number of rotatable bonds is 0. The fourth-order valence-electron chi connectivity index (χ4n) is 1.23. The molecule has 0 aromatic heterocycles. The molecule has 64 valence electrons. The van der Waals surface area contributed by atoms with Crippen molar-refractivity contribution in [3.05, 3.63) is 23.7 Å². The van der Waals surface area contributed by atoms with Gasteiger partial charge in [0.05, 0.1) is 0 Å². The molecule has 3 heterocycles. The van der Waals surface area contributed by atoms with E-state index in [1.165, 1.54) is 0 Å². The van der Waals surface area contributed by atoms with Gasteiger partial charge in [0, 0.05) is 0 Å². The molecule has 0 aromatic carbocycles. The molecular formula is C7H8N2O3. The van der Waals surface area contributed by atoms with Gasteiger partial charge in [-0.15, -0.1) is 0 Å². The summed E-state index contributed by atoms with van der Waals surface area (Å²) >= 11 is 0. The van der Waals surface area contributed by atoms with E-state index in [2.05, 4.69) is 10.9 Å². The molecule has 2 N–H and O–H groups in total. The highest BCUT2D eigenvalue weighted by Gasteiger charge is 2.45. The van der Waals surface area contributed by atoms with Crippen molar-refractivity contribution >= 4 is 0 Å². The molecule has 0 aliphatic carbocycles. The molecule has 12 heavy (non-hydrogen) atoms. The molecule has 3 aliphatic heterocycles. The van der Waals surface area contributed by atoms with E-state index in [0.29, 0.717) is 13.4 Å². The molecule has 0 aromatic rings. The van der Waals surface area contributed by atoms with Crippen molar-refractivity contribution in [3.63, 3.8) is 0 Å². The Kier molecular flexibility index (Phi) is 1.08. The van der Waals surface area contributed by atoms with E-state index in [1.54, 1.807) is 0 Å². The predicted molar refractivity (Wildman–Crippen MR) is 38.2 cm³/mol. The van der Waals surface area contributed by atoms with E-state index in [0.717, 1.165) is 11.5 Å². The van der Waals surface area contributed by atoms with Gasteiger partial charge < -0.3 is 14.2 Å². The minimum atomic E-state index is -0.483. The van der Waals surface area contributed by atoms with Gasteiger partial charge >= 0.3 is 0 Å². The van der Waals surface area contributed by atoms with Gasteiger partial charge in [-0.25, -0.2) is 0 Å². The molecule has 0 bridgehead atoms. The quantitative estimate of drug-likeness (QED) is 0.479. The van der Waals surface area contributed by atoms with Crippen LogP contribution in [0.2, 0.25) is 0 Å². The van der Waals surface area contributed by atoms with E-state index in [1.807, 2.05) is 12.2 Å². The number of hydrogen-bond donors (Lipinski definition) is 2. The second kappa shape index (κ2) is 2.01. The van der Waals surface area contributed by atoms with Crippen LogP contribution in [0.3, 0.4) is 0 Å². The Hall–Kier alpha value is -1.04. The largest absolute Gasteiger partial charge is 0.464 e. The lowest BCUT2D eigenvalue weighted by molar-refractivity contribution is -0.0704. The van der Waals surface area contributed by atoms with Crippen LogP contribution in [0.1, 0.15) is 0 Å². The summed E-state index contributed by atoms with van der Waals surface area (Å²) in [4.78, 5) is 0. The fraction of sp³-hybridized carbons (Fsp3) is 0.429. The van der Waals surface area contributed by atoms with Crippen molar-refractivity contribution in [3.8, 4) is 0 Å². The number of allylic oxidation sites excluding steroid dienone is 1. The number of ether oxygens (including phenoxy) is 3. The second-order valence-electron chi connectivity index (χ2n) is 2.82. The van der Waals surface area contributed by atoms with Crippen LogP contribution in [0, 0.1) is 0 Å². The molecule has 0 radical (unpaired) electrons. The van der Waals surface area contributed by atoms with Gasteiger partial charge in [0.25, 0.3) is 5.85 Å². The summed E-state index contributed by atoms with van der Waals surface area (Å²) in [7, 11) is 0. The highest BCUT2D eigenvalue weighted by molar-refractivity contribution is 5.27. The minimum absolute atomic E-state index is 0.306. The summed E-state index contributed by atoms with van der Waals surface area (Å²) in [6, 6.07) is 0. The van der Waals surface area contributed by atoms with E-state index < -0.39 is 5.85 Å². The molecule has 5 nitrogen and oxygen atoms in total. The van der Waals surface area contributed by atoms with Crippen molar-refractivity contribution < 1.29 is 14.2 Å². The number of nitrogens with one attached hydrogen (secondary N) is 2. The normalized spacial score (nSPS) is 29.3. The van der Waals surface area contributed by atoms with E-state index in [4.69, 9.17) is 14.2 Å². The number of hydrogen-bond acceptors (Lipinski definition) is 5. The molecule has 3 rings (SSSR count). The standard InChI is InChI=1S/C7H8N2O3/c1-2-7(8-9-7)12-6-3-10-4-11-5(1)6/h1-2,8-9H,3-4H2. The fourth-order valence-corrected chi connectivity index (χ4v) is 1.23. The average molecular weight is 168 g/mol. The maximum atomic E-state index is 5.51. The van der Waals surface area contributed by atoms with Crippen molar-refractivity contribution in [2.45, 2.75) is 5.85 Å². The average Bonchev–Trinajstić information content (AvgIpc) is 2.85. The molecule has 0 saturated carbocycles. The topological polar surface area (TPSA) is 71.6 Å². The van der Waals surface area contributed by atoms with Crippen molar-refractivity contribution in [1.29, 1.82) is 0 Å². The Bertz CT molecular complexity index is 280. The van der Waals surface area contributed by atoms with E-state index in [9.17, 15) is 0 Å². The summed E-state index contributed by atoms with van der Waals surface area (Å²) in [5.41, 5.74) is 5.76. The second-order valence-corrected chi connectivity index (χ2v) is 2.82. The minimum Gasteiger partial charge on any atom is -0.464 e. The Morgan fingerprint density at radius 3 is 3.17 bits per heavy atom. The number of hydrazine groups is 1. The first-order valence-electron chi connectivity index (χ1n) is 3.74. The summed E-state index contributed by atoms with van der Waals surface area (Å²) in [6.45, 7) is 0.783. The lowest BCUT2D eigenvalue weighted by atomic mass is 10.2. The van der Waals surface area contributed by atoms with Crippen LogP contribution in [0.4, 0.5) is 0 Å². The summed E-state index contributed by atoms with van der Waals surface area (Å²) in [5, 5.41) is 0. The van der Waals surface area contributed by atoms with Crippen molar-refractivity contribution in [1.82, 2.24) is 10.9 Å². The first-order valence-corrected chi connectivity index (χ1v) is 3.74. The maximum absolute atomic E-state index is 5.51. The van der Waals surface area contributed by atoms with Crippen LogP contribution in [0.25, 0.3) is 0 Å². The smallest absolute Gasteiger partial charge is 0.262 e. The Labute approximate surface area is 68.9 Å². The SMILES string of the molecule is C1=CC2(NN2)OC2=C1OCOC2. The maximum Gasteiger partial charge on any atom is 0.262 e. The van der Waals surface area contributed by atoms with Gasteiger partial charge in [0.15, 0.2) is 18.3 Å². The molecule has 5 heteroatoms. The van der Waals surface area contributed by atoms with Crippen LogP contribution >= 0.6 is 0 Å². The van der Waals surface area contributed by atoms with Crippen LogP contribution in [-0.2, 0) is 14.2 Å². The summed E-state index contributed by atoms with van der Waals surface area (Å²) in [5.74, 6) is 1.02. The van der Waals surface area contributed by atoms with Gasteiger partial charge in [-0.3, -0.25) is 0 Å². The Balaban J connectivity index is 1.91. The molecule has 1 spiro atoms. The third-order valence-electron chi connectivity index (χ3n) is 1.93. The lowest BCUT2D eigenvalue weighted by Gasteiger charge is -2.24. The highest BCUT2D eigenvalue weighted by Crippen LogP contribution is 2.29.